The van der Waals surface area contributed by atoms with E-state index in [4.69, 9.17) is 0 Å². The van der Waals surface area contributed by atoms with Gasteiger partial charge in [-0.3, -0.25) is 4.90 Å². The smallest absolute Gasteiger partial charge is 0.131 e. The van der Waals surface area contributed by atoms with Crippen molar-refractivity contribution in [1.82, 2.24) is 25.1 Å². The molecule has 1 aromatic carbocycles. The molecule has 6 heteroatoms. The van der Waals surface area contributed by atoms with Crippen LogP contribution in [0.15, 0.2) is 12.1 Å². The quantitative estimate of drug-likeness (QED) is 0.805. The molecule has 0 aliphatic carbocycles. The molecule has 0 aliphatic heterocycles. The van der Waals surface area contributed by atoms with Crippen molar-refractivity contribution in [2.24, 2.45) is 0 Å². The van der Waals surface area contributed by atoms with E-state index in [1.54, 1.807) is 11.3 Å². The summed E-state index contributed by atoms with van der Waals surface area (Å²) < 4.78 is 0. The summed E-state index contributed by atoms with van der Waals surface area (Å²) in [5.41, 5.74) is 4.70. The summed E-state index contributed by atoms with van der Waals surface area (Å²) in [7, 11) is 2.07. The fraction of sp³-hybridized carbons (Fsp3) is 0.400. The molecular formula is C15H19N5S. The Morgan fingerprint density at radius 2 is 1.86 bits per heavy atom. The number of benzene rings is 1. The summed E-state index contributed by atoms with van der Waals surface area (Å²) in [6.45, 7) is 7.78. The molecule has 0 saturated carbocycles. The van der Waals surface area contributed by atoms with Crippen LogP contribution < -0.4 is 0 Å². The maximum absolute atomic E-state index is 4.67. The lowest BCUT2D eigenvalue weighted by Crippen LogP contribution is -2.17. The molecule has 3 rings (SSSR count). The van der Waals surface area contributed by atoms with Gasteiger partial charge in [-0.05, 0) is 51.1 Å². The number of fused-ring (bicyclic) bond motifs is 1. The topological polar surface area (TPSA) is 57.7 Å². The van der Waals surface area contributed by atoms with Gasteiger partial charge < -0.3 is 4.98 Å². The van der Waals surface area contributed by atoms with E-state index in [0.29, 0.717) is 0 Å². The van der Waals surface area contributed by atoms with Gasteiger partial charge in [0, 0.05) is 0 Å². The molecule has 0 amide bonds. The van der Waals surface area contributed by atoms with Gasteiger partial charge in [0.25, 0.3) is 0 Å². The van der Waals surface area contributed by atoms with E-state index < -0.39 is 0 Å². The zero-order chi connectivity index (χ0) is 15.0. The normalized spacial score (nSPS) is 11.7. The molecule has 0 atom stereocenters. The number of rotatable bonds is 4. The van der Waals surface area contributed by atoms with Crippen LogP contribution in [-0.4, -0.2) is 32.1 Å². The molecule has 0 fully saturated rings. The van der Waals surface area contributed by atoms with E-state index >= 15 is 0 Å². The Morgan fingerprint density at radius 3 is 2.57 bits per heavy atom. The van der Waals surface area contributed by atoms with Gasteiger partial charge in [0.1, 0.15) is 15.8 Å². The number of aromatic amines is 1. The minimum Gasteiger partial charge on any atom is -0.341 e. The summed E-state index contributed by atoms with van der Waals surface area (Å²) in [4.78, 5) is 10.3. The average Bonchev–Trinajstić information content (AvgIpc) is 2.96. The number of nitrogens with zero attached hydrogens (tertiary/aromatic N) is 4. The van der Waals surface area contributed by atoms with Crippen LogP contribution in [0.25, 0.3) is 11.0 Å². The molecular weight excluding hydrogens is 282 g/mol. The monoisotopic (exact) mass is 301 g/mol. The van der Waals surface area contributed by atoms with Crippen molar-refractivity contribution in [3.05, 3.63) is 39.1 Å². The van der Waals surface area contributed by atoms with E-state index in [9.17, 15) is 0 Å². The van der Waals surface area contributed by atoms with Crippen LogP contribution in [0.1, 0.15) is 27.0 Å². The predicted octanol–water partition coefficient (Wildman–Crippen LogP) is 2.97. The van der Waals surface area contributed by atoms with Crippen LogP contribution in [0.3, 0.4) is 0 Å². The van der Waals surface area contributed by atoms with Gasteiger partial charge in [0.15, 0.2) is 0 Å². The van der Waals surface area contributed by atoms with Gasteiger partial charge in [0.05, 0.1) is 24.1 Å². The molecule has 21 heavy (non-hydrogen) atoms. The highest BCUT2D eigenvalue weighted by Gasteiger charge is 2.09. The van der Waals surface area contributed by atoms with Crippen molar-refractivity contribution >= 4 is 22.4 Å². The van der Waals surface area contributed by atoms with E-state index in [1.165, 1.54) is 11.1 Å². The minimum absolute atomic E-state index is 0.769. The van der Waals surface area contributed by atoms with Gasteiger partial charge in [0.2, 0.25) is 0 Å². The summed E-state index contributed by atoms with van der Waals surface area (Å²) in [5, 5.41) is 10.3. The van der Waals surface area contributed by atoms with Crippen LogP contribution in [0.5, 0.6) is 0 Å². The first-order chi connectivity index (χ1) is 10.0. The number of aromatic nitrogens is 4. The molecule has 3 aromatic rings. The first-order valence-corrected chi connectivity index (χ1v) is 7.76. The Bertz CT molecular complexity index is 735. The standard InChI is InChI=1S/C15H19N5S/c1-9-5-12-13(6-10(9)2)17-14(16-12)7-20(4)8-15-19-18-11(3)21-15/h5-6H,7-8H2,1-4H3,(H,16,17). The molecule has 0 unspecified atom stereocenters. The average molecular weight is 301 g/mol. The number of hydrogen-bond acceptors (Lipinski definition) is 5. The maximum Gasteiger partial charge on any atom is 0.131 e. The molecule has 0 bridgehead atoms. The molecule has 0 saturated heterocycles. The van der Waals surface area contributed by atoms with Crippen molar-refractivity contribution in [2.45, 2.75) is 33.9 Å². The van der Waals surface area contributed by atoms with Crippen molar-refractivity contribution in [2.75, 3.05) is 7.05 Å². The Kier molecular flexibility index (Phi) is 3.73. The third kappa shape index (κ3) is 3.11. The molecule has 1 N–H and O–H groups in total. The lowest BCUT2D eigenvalue weighted by Gasteiger charge is -2.12. The Hall–Kier alpha value is -1.79. The molecule has 5 nitrogen and oxygen atoms in total. The van der Waals surface area contributed by atoms with E-state index in [2.05, 4.69) is 58.1 Å². The molecule has 110 valence electrons. The first-order valence-electron chi connectivity index (χ1n) is 6.94. The van der Waals surface area contributed by atoms with Crippen molar-refractivity contribution in [3.8, 4) is 0 Å². The van der Waals surface area contributed by atoms with Gasteiger partial charge in [-0.1, -0.05) is 0 Å². The zero-order valence-electron chi connectivity index (χ0n) is 12.8. The summed E-state index contributed by atoms with van der Waals surface area (Å²) in [6, 6.07) is 4.30. The van der Waals surface area contributed by atoms with Crippen molar-refractivity contribution < 1.29 is 0 Å². The third-order valence-electron chi connectivity index (χ3n) is 3.54. The van der Waals surface area contributed by atoms with E-state index in [-0.39, 0.29) is 0 Å². The third-order valence-corrected chi connectivity index (χ3v) is 4.36. The van der Waals surface area contributed by atoms with Crippen molar-refractivity contribution in [1.29, 1.82) is 0 Å². The number of hydrogen-bond donors (Lipinski definition) is 1. The SMILES string of the molecule is Cc1nnc(CN(C)Cc2nc3cc(C)c(C)cc3[nH]2)s1. The number of H-pyrrole nitrogens is 1. The summed E-state index contributed by atoms with van der Waals surface area (Å²) >= 11 is 1.64. The van der Waals surface area contributed by atoms with Crippen LogP contribution in [0.2, 0.25) is 0 Å². The van der Waals surface area contributed by atoms with Gasteiger partial charge >= 0.3 is 0 Å². The largest absolute Gasteiger partial charge is 0.341 e. The molecule has 0 radical (unpaired) electrons. The second-order valence-corrected chi connectivity index (χ2v) is 6.79. The number of aryl methyl sites for hydroxylation is 3. The van der Waals surface area contributed by atoms with E-state index in [0.717, 1.165) is 40.0 Å². The highest BCUT2D eigenvalue weighted by molar-refractivity contribution is 7.11. The fourth-order valence-corrected chi connectivity index (χ4v) is 3.13. The van der Waals surface area contributed by atoms with Gasteiger partial charge in [-0.15, -0.1) is 21.5 Å². The second kappa shape index (κ2) is 5.54. The lowest BCUT2D eigenvalue weighted by atomic mass is 10.1. The zero-order valence-corrected chi connectivity index (χ0v) is 13.6. The highest BCUT2D eigenvalue weighted by atomic mass is 32.1. The highest BCUT2D eigenvalue weighted by Crippen LogP contribution is 2.18. The van der Waals surface area contributed by atoms with Crippen LogP contribution in [0, 0.1) is 20.8 Å². The molecule has 2 aromatic heterocycles. The first kappa shape index (κ1) is 14.2. The van der Waals surface area contributed by atoms with Gasteiger partial charge in [-0.2, -0.15) is 0 Å². The lowest BCUT2D eigenvalue weighted by molar-refractivity contribution is 0.310. The Morgan fingerprint density at radius 1 is 1.10 bits per heavy atom. The number of nitrogens with one attached hydrogen (secondary N) is 1. The molecule has 2 heterocycles. The second-order valence-electron chi connectivity index (χ2n) is 5.52. The fourth-order valence-electron chi connectivity index (χ4n) is 2.34. The summed E-state index contributed by atoms with van der Waals surface area (Å²) in [5.74, 6) is 0.985. The summed E-state index contributed by atoms with van der Waals surface area (Å²) in [6.07, 6.45) is 0. The minimum atomic E-state index is 0.769. The maximum atomic E-state index is 4.67. The predicted molar refractivity (Wildman–Crippen MR) is 85.4 cm³/mol. The van der Waals surface area contributed by atoms with Crippen molar-refractivity contribution in [3.63, 3.8) is 0 Å². The van der Waals surface area contributed by atoms with Gasteiger partial charge in [-0.25, -0.2) is 4.98 Å². The Balaban J connectivity index is 1.75. The Labute approximate surface area is 128 Å². The van der Waals surface area contributed by atoms with Crippen LogP contribution >= 0.6 is 11.3 Å². The number of imidazole rings is 1. The molecule has 0 aliphatic rings. The van der Waals surface area contributed by atoms with E-state index in [1.807, 2.05) is 6.92 Å². The van der Waals surface area contributed by atoms with Crippen LogP contribution in [-0.2, 0) is 13.1 Å². The van der Waals surface area contributed by atoms with Crippen LogP contribution in [0.4, 0.5) is 0 Å². The molecule has 0 spiro atoms.